The highest BCUT2D eigenvalue weighted by Crippen LogP contribution is 2.15. The molecule has 19 heavy (non-hydrogen) atoms. The van der Waals surface area contributed by atoms with E-state index < -0.39 is 0 Å². The van der Waals surface area contributed by atoms with Crippen molar-refractivity contribution in [3.8, 4) is 0 Å². The van der Waals surface area contributed by atoms with Crippen LogP contribution in [0.1, 0.15) is 46.7 Å². The molecule has 0 aliphatic carbocycles. The molecule has 0 saturated carbocycles. The van der Waals surface area contributed by atoms with Crippen molar-refractivity contribution in [1.82, 2.24) is 9.78 Å². The number of carbonyl (C=O) groups is 1. The van der Waals surface area contributed by atoms with E-state index in [-0.39, 0.29) is 5.78 Å². The average Bonchev–Trinajstić information content (AvgIpc) is 2.84. The first-order chi connectivity index (χ1) is 9.06. The van der Waals surface area contributed by atoms with Gasteiger partial charge in [0.05, 0.1) is 5.69 Å². The summed E-state index contributed by atoms with van der Waals surface area (Å²) < 4.78 is 1.79. The summed E-state index contributed by atoms with van der Waals surface area (Å²) in [6.45, 7) is 8.85. The van der Waals surface area contributed by atoms with Gasteiger partial charge in [0.1, 0.15) is 5.69 Å². The topological polar surface area (TPSA) is 34.9 Å². The number of hydrogen-bond acceptors (Lipinski definition) is 2. The fraction of sp³-hybridized carbons (Fsp3) is 0.375. The summed E-state index contributed by atoms with van der Waals surface area (Å²) in [4.78, 5) is 12.6. The molecule has 1 aromatic heterocycles. The van der Waals surface area contributed by atoms with Crippen molar-refractivity contribution in [3.63, 3.8) is 0 Å². The van der Waals surface area contributed by atoms with Crippen LogP contribution in [0.4, 0.5) is 0 Å². The zero-order chi connectivity index (χ0) is 14.0. The van der Waals surface area contributed by atoms with E-state index in [0.717, 1.165) is 23.2 Å². The fourth-order valence-corrected chi connectivity index (χ4v) is 2.10. The maximum absolute atomic E-state index is 12.6. The first-order valence-corrected chi connectivity index (χ1v) is 6.75. The molecule has 0 aliphatic rings. The van der Waals surface area contributed by atoms with Gasteiger partial charge in [0.2, 0.25) is 5.78 Å². The molecule has 0 atom stereocenters. The number of carbonyl (C=O) groups excluding carboxylic acids is 1. The Morgan fingerprint density at radius 3 is 2.47 bits per heavy atom. The van der Waals surface area contributed by atoms with Crippen molar-refractivity contribution in [1.29, 1.82) is 0 Å². The van der Waals surface area contributed by atoms with Gasteiger partial charge in [-0.2, -0.15) is 5.10 Å². The van der Waals surface area contributed by atoms with Crippen molar-refractivity contribution in [2.75, 3.05) is 0 Å². The van der Waals surface area contributed by atoms with E-state index in [1.54, 1.807) is 4.68 Å². The molecule has 0 aliphatic heterocycles. The van der Waals surface area contributed by atoms with Gasteiger partial charge in [-0.15, -0.1) is 0 Å². The molecular weight excluding hydrogens is 236 g/mol. The highest BCUT2D eigenvalue weighted by molar-refractivity contribution is 6.08. The van der Waals surface area contributed by atoms with E-state index in [0.29, 0.717) is 12.2 Å². The van der Waals surface area contributed by atoms with Crippen LogP contribution in [0.3, 0.4) is 0 Å². The summed E-state index contributed by atoms with van der Waals surface area (Å²) in [6, 6.07) is 7.75. The number of benzene rings is 1. The zero-order valence-corrected chi connectivity index (χ0v) is 12.0. The summed E-state index contributed by atoms with van der Waals surface area (Å²) in [6.07, 6.45) is 0.847. The second kappa shape index (κ2) is 5.39. The third-order valence-electron chi connectivity index (χ3n) is 3.49. The monoisotopic (exact) mass is 256 g/mol. The van der Waals surface area contributed by atoms with Gasteiger partial charge >= 0.3 is 0 Å². The van der Waals surface area contributed by atoms with Crippen LogP contribution < -0.4 is 0 Å². The van der Waals surface area contributed by atoms with Crippen LogP contribution >= 0.6 is 0 Å². The van der Waals surface area contributed by atoms with E-state index in [9.17, 15) is 4.79 Å². The van der Waals surface area contributed by atoms with Gasteiger partial charge in [-0.1, -0.05) is 19.1 Å². The number of hydrogen-bond donors (Lipinski definition) is 0. The molecule has 3 heteroatoms. The first-order valence-electron chi connectivity index (χ1n) is 6.75. The second-order valence-corrected chi connectivity index (χ2v) is 4.82. The standard InChI is InChI=1S/C16H20N2O/c1-5-14-10-15(18(6-2)17-14)16(19)13-8-7-11(3)12(4)9-13/h7-10H,5-6H2,1-4H3. The second-order valence-electron chi connectivity index (χ2n) is 4.82. The lowest BCUT2D eigenvalue weighted by Gasteiger charge is -2.06. The quantitative estimate of drug-likeness (QED) is 0.787. The lowest BCUT2D eigenvalue weighted by molar-refractivity contribution is 0.102. The molecule has 1 aromatic carbocycles. The summed E-state index contributed by atoms with van der Waals surface area (Å²) in [7, 11) is 0. The Labute approximate surface area is 114 Å². The third-order valence-corrected chi connectivity index (χ3v) is 3.49. The van der Waals surface area contributed by atoms with Crippen LogP contribution in [-0.2, 0) is 13.0 Å². The molecule has 0 radical (unpaired) electrons. The first kappa shape index (κ1) is 13.5. The largest absolute Gasteiger partial charge is 0.287 e. The van der Waals surface area contributed by atoms with Crippen LogP contribution in [-0.4, -0.2) is 15.6 Å². The summed E-state index contributed by atoms with van der Waals surface area (Å²) in [5.74, 6) is 0.0529. The summed E-state index contributed by atoms with van der Waals surface area (Å²) in [5, 5.41) is 4.43. The molecule has 1 heterocycles. The molecule has 0 fully saturated rings. The smallest absolute Gasteiger partial charge is 0.211 e. The van der Waals surface area contributed by atoms with E-state index in [4.69, 9.17) is 0 Å². The van der Waals surface area contributed by atoms with Gasteiger partial charge < -0.3 is 0 Å². The van der Waals surface area contributed by atoms with Crippen molar-refractivity contribution < 1.29 is 4.79 Å². The van der Waals surface area contributed by atoms with Gasteiger partial charge in [-0.05, 0) is 50.5 Å². The normalized spacial score (nSPS) is 10.7. The van der Waals surface area contributed by atoms with Crippen LogP contribution in [0, 0.1) is 13.8 Å². The van der Waals surface area contributed by atoms with Crippen LogP contribution in [0.15, 0.2) is 24.3 Å². The Morgan fingerprint density at radius 2 is 1.89 bits per heavy atom. The average molecular weight is 256 g/mol. The van der Waals surface area contributed by atoms with Gasteiger partial charge in [0.25, 0.3) is 0 Å². The molecule has 0 amide bonds. The van der Waals surface area contributed by atoms with Gasteiger partial charge in [0.15, 0.2) is 0 Å². The molecule has 0 bridgehead atoms. The number of ketones is 1. The lowest BCUT2D eigenvalue weighted by atomic mass is 10.0. The predicted molar refractivity (Wildman–Crippen MR) is 76.6 cm³/mol. The Balaban J connectivity index is 2.43. The number of rotatable bonds is 4. The molecule has 2 aromatic rings. The van der Waals surface area contributed by atoms with Gasteiger partial charge in [-0.3, -0.25) is 9.48 Å². The molecular formula is C16H20N2O. The Bertz CT molecular complexity index is 611. The van der Waals surface area contributed by atoms with E-state index >= 15 is 0 Å². The summed E-state index contributed by atoms with van der Waals surface area (Å²) >= 11 is 0. The van der Waals surface area contributed by atoms with Crippen molar-refractivity contribution in [2.24, 2.45) is 0 Å². The Kier molecular flexibility index (Phi) is 3.84. The minimum Gasteiger partial charge on any atom is -0.287 e. The maximum Gasteiger partial charge on any atom is 0.211 e. The van der Waals surface area contributed by atoms with E-state index in [1.807, 2.05) is 45.0 Å². The summed E-state index contributed by atoms with van der Waals surface area (Å²) in [5.41, 5.74) is 4.73. The van der Waals surface area contributed by atoms with Crippen molar-refractivity contribution in [3.05, 3.63) is 52.3 Å². The molecule has 0 N–H and O–H groups in total. The van der Waals surface area contributed by atoms with Crippen LogP contribution in [0.25, 0.3) is 0 Å². The van der Waals surface area contributed by atoms with Crippen LogP contribution in [0.5, 0.6) is 0 Å². The minimum atomic E-state index is 0.0529. The van der Waals surface area contributed by atoms with Gasteiger partial charge in [-0.25, -0.2) is 0 Å². The van der Waals surface area contributed by atoms with Crippen molar-refractivity contribution in [2.45, 2.75) is 40.7 Å². The number of aryl methyl sites for hydroxylation is 4. The van der Waals surface area contributed by atoms with E-state index in [2.05, 4.69) is 12.0 Å². The van der Waals surface area contributed by atoms with Crippen LogP contribution in [0.2, 0.25) is 0 Å². The third kappa shape index (κ3) is 2.60. The maximum atomic E-state index is 12.6. The highest BCUT2D eigenvalue weighted by Gasteiger charge is 2.16. The molecule has 3 nitrogen and oxygen atoms in total. The minimum absolute atomic E-state index is 0.0529. The molecule has 0 saturated heterocycles. The van der Waals surface area contributed by atoms with Crippen molar-refractivity contribution >= 4 is 5.78 Å². The predicted octanol–water partition coefficient (Wildman–Crippen LogP) is 3.31. The Hall–Kier alpha value is -1.90. The fourth-order valence-electron chi connectivity index (χ4n) is 2.10. The SMILES string of the molecule is CCc1cc(C(=O)c2ccc(C)c(C)c2)n(CC)n1. The van der Waals surface area contributed by atoms with Gasteiger partial charge in [0, 0.05) is 12.1 Å². The Morgan fingerprint density at radius 1 is 1.16 bits per heavy atom. The number of nitrogens with zero attached hydrogens (tertiary/aromatic N) is 2. The lowest BCUT2D eigenvalue weighted by Crippen LogP contribution is -2.10. The molecule has 2 rings (SSSR count). The molecule has 100 valence electrons. The molecule has 0 unspecified atom stereocenters. The molecule has 0 spiro atoms. The zero-order valence-electron chi connectivity index (χ0n) is 12.0. The van der Waals surface area contributed by atoms with E-state index in [1.165, 1.54) is 5.56 Å². The highest BCUT2D eigenvalue weighted by atomic mass is 16.1. The number of aromatic nitrogens is 2.